The second-order valence-electron chi connectivity index (χ2n) is 4.90. The number of thioether (sulfide) groups is 1. The molecule has 0 aliphatic carbocycles. The third kappa shape index (κ3) is 4.53. The Labute approximate surface area is 139 Å². The van der Waals surface area contributed by atoms with Crippen molar-refractivity contribution in [3.8, 4) is 23.0 Å². The molecule has 4 nitrogen and oxygen atoms in total. The summed E-state index contributed by atoms with van der Waals surface area (Å²) in [5, 5.41) is 9.29. The van der Waals surface area contributed by atoms with E-state index in [-0.39, 0.29) is 5.75 Å². The Kier molecular flexibility index (Phi) is 5.21. The van der Waals surface area contributed by atoms with Gasteiger partial charge in [0, 0.05) is 17.1 Å². The number of aromatic nitrogens is 1. The smallest absolute Gasteiger partial charge is 0.226 e. The molecular formula is C18H17NO3S. The van der Waals surface area contributed by atoms with Gasteiger partial charge in [-0.1, -0.05) is 18.2 Å². The van der Waals surface area contributed by atoms with Gasteiger partial charge in [0.25, 0.3) is 0 Å². The normalized spacial score (nSPS) is 10.6. The Morgan fingerprint density at radius 2 is 1.83 bits per heavy atom. The number of para-hydroxylation sites is 1. The molecule has 118 valence electrons. The molecule has 1 heterocycles. The highest BCUT2D eigenvalue weighted by Crippen LogP contribution is 2.22. The van der Waals surface area contributed by atoms with Crippen LogP contribution in [-0.2, 0) is 5.75 Å². The van der Waals surface area contributed by atoms with Gasteiger partial charge in [0.05, 0.1) is 12.3 Å². The Balaban J connectivity index is 1.43. The summed E-state index contributed by atoms with van der Waals surface area (Å²) in [6.07, 6.45) is 1.67. The average Bonchev–Trinajstić information content (AvgIpc) is 3.05. The first-order chi connectivity index (χ1) is 11.3. The molecule has 0 saturated heterocycles. The fraction of sp³-hybridized carbons (Fsp3) is 0.167. The molecule has 0 saturated carbocycles. The van der Waals surface area contributed by atoms with E-state index in [0.717, 1.165) is 28.5 Å². The van der Waals surface area contributed by atoms with Crippen LogP contribution >= 0.6 is 11.8 Å². The first-order valence-electron chi connectivity index (χ1n) is 7.31. The number of rotatable bonds is 7. The zero-order valence-electron chi connectivity index (χ0n) is 12.5. The zero-order chi connectivity index (χ0) is 15.9. The summed E-state index contributed by atoms with van der Waals surface area (Å²) in [5.41, 5.74) is 1.75. The maximum atomic E-state index is 9.29. The molecule has 1 N–H and O–H groups in total. The highest BCUT2D eigenvalue weighted by Gasteiger charge is 2.06. The average molecular weight is 327 g/mol. The molecule has 0 aliphatic rings. The fourth-order valence-electron chi connectivity index (χ4n) is 2.02. The molecule has 0 bridgehead atoms. The molecule has 1 aromatic heterocycles. The van der Waals surface area contributed by atoms with Gasteiger partial charge in [-0.15, -0.1) is 0 Å². The SMILES string of the molecule is Oc1ccc(-c2nc(CSCCOc3ccccc3)co2)cc1. The maximum absolute atomic E-state index is 9.29. The molecule has 0 unspecified atom stereocenters. The molecule has 0 radical (unpaired) electrons. The lowest BCUT2D eigenvalue weighted by Crippen LogP contribution is -2.00. The van der Waals surface area contributed by atoms with E-state index in [1.165, 1.54) is 0 Å². The Bertz CT molecular complexity index is 726. The van der Waals surface area contributed by atoms with Crippen molar-refractivity contribution in [2.45, 2.75) is 5.75 Å². The summed E-state index contributed by atoms with van der Waals surface area (Å²) in [5.74, 6) is 3.36. The van der Waals surface area contributed by atoms with Crippen LogP contribution in [0.3, 0.4) is 0 Å². The molecule has 2 aromatic carbocycles. The number of hydrogen-bond donors (Lipinski definition) is 1. The van der Waals surface area contributed by atoms with E-state index < -0.39 is 0 Å². The molecule has 0 aliphatic heterocycles. The Hall–Kier alpha value is -2.40. The minimum Gasteiger partial charge on any atom is -0.508 e. The first-order valence-corrected chi connectivity index (χ1v) is 8.46. The minimum atomic E-state index is 0.231. The molecule has 0 spiro atoms. The second-order valence-corrected chi connectivity index (χ2v) is 6.01. The van der Waals surface area contributed by atoms with Crippen LogP contribution in [0.1, 0.15) is 5.69 Å². The largest absolute Gasteiger partial charge is 0.508 e. The quantitative estimate of drug-likeness (QED) is 0.653. The van der Waals surface area contributed by atoms with Gasteiger partial charge in [0.1, 0.15) is 17.8 Å². The lowest BCUT2D eigenvalue weighted by Gasteiger charge is -2.04. The molecule has 3 aromatic rings. The van der Waals surface area contributed by atoms with Crippen LogP contribution in [0.4, 0.5) is 0 Å². The lowest BCUT2D eigenvalue weighted by atomic mass is 10.2. The number of aromatic hydroxyl groups is 1. The van der Waals surface area contributed by atoms with Crippen LogP contribution in [0.15, 0.2) is 65.3 Å². The summed E-state index contributed by atoms with van der Waals surface area (Å²) < 4.78 is 11.1. The standard InChI is InChI=1S/C18H17NO3S/c20-16-8-6-14(7-9-16)18-19-15(12-22-18)13-23-11-10-21-17-4-2-1-3-5-17/h1-9,12,20H,10-11,13H2. The minimum absolute atomic E-state index is 0.231. The van der Waals surface area contributed by atoms with E-state index in [1.807, 2.05) is 30.3 Å². The predicted octanol–water partition coefficient (Wildman–Crippen LogP) is 4.36. The van der Waals surface area contributed by atoms with Gasteiger partial charge in [-0.3, -0.25) is 0 Å². The number of ether oxygens (including phenoxy) is 1. The van der Waals surface area contributed by atoms with Crippen LogP contribution in [-0.4, -0.2) is 22.5 Å². The third-order valence-corrected chi connectivity index (χ3v) is 4.11. The van der Waals surface area contributed by atoms with Gasteiger partial charge < -0.3 is 14.3 Å². The Morgan fingerprint density at radius 1 is 1.04 bits per heavy atom. The van der Waals surface area contributed by atoms with E-state index >= 15 is 0 Å². The van der Waals surface area contributed by atoms with Gasteiger partial charge in [-0.2, -0.15) is 11.8 Å². The number of nitrogens with zero attached hydrogens (tertiary/aromatic N) is 1. The summed E-state index contributed by atoms with van der Waals surface area (Å²) in [6.45, 7) is 0.664. The van der Waals surface area contributed by atoms with Gasteiger partial charge in [0.2, 0.25) is 5.89 Å². The van der Waals surface area contributed by atoms with Crippen molar-refractivity contribution in [3.05, 3.63) is 66.6 Å². The number of benzene rings is 2. The van der Waals surface area contributed by atoms with E-state index in [0.29, 0.717) is 12.5 Å². The van der Waals surface area contributed by atoms with E-state index in [1.54, 1.807) is 42.3 Å². The van der Waals surface area contributed by atoms with Crippen molar-refractivity contribution in [1.82, 2.24) is 4.98 Å². The van der Waals surface area contributed by atoms with Crippen LogP contribution in [0.2, 0.25) is 0 Å². The maximum Gasteiger partial charge on any atom is 0.226 e. The summed E-state index contributed by atoms with van der Waals surface area (Å²) >= 11 is 1.75. The Morgan fingerprint density at radius 3 is 2.61 bits per heavy atom. The number of oxazole rings is 1. The molecule has 23 heavy (non-hydrogen) atoms. The van der Waals surface area contributed by atoms with E-state index in [4.69, 9.17) is 9.15 Å². The molecular weight excluding hydrogens is 310 g/mol. The third-order valence-electron chi connectivity index (χ3n) is 3.16. The van der Waals surface area contributed by atoms with Crippen LogP contribution in [0.5, 0.6) is 11.5 Å². The molecule has 3 rings (SSSR count). The second kappa shape index (κ2) is 7.74. The molecule has 0 fully saturated rings. The van der Waals surface area contributed by atoms with Crippen molar-refractivity contribution < 1.29 is 14.3 Å². The fourth-order valence-corrected chi connectivity index (χ4v) is 2.71. The predicted molar refractivity (Wildman–Crippen MR) is 91.7 cm³/mol. The number of phenolic OH excluding ortho intramolecular Hbond substituents is 1. The van der Waals surface area contributed by atoms with Gasteiger partial charge >= 0.3 is 0 Å². The van der Waals surface area contributed by atoms with Crippen molar-refractivity contribution in [2.24, 2.45) is 0 Å². The van der Waals surface area contributed by atoms with Crippen LogP contribution < -0.4 is 4.74 Å². The number of phenols is 1. The summed E-state index contributed by atoms with van der Waals surface area (Å²) in [6, 6.07) is 16.6. The van der Waals surface area contributed by atoms with Crippen LogP contribution in [0.25, 0.3) is 11.5 Å². The zero-order valence-corrected chi connectivity index (χ0v) is 13.3. The summed E-state index contributed by atoms with van der Waals surface area (Å²) in [7, 11) is 0. The van der Waals surface area contributed by atoms with Crippen molar-refractivity contribution in [2.75, 3.05) is 12.4 Å². The molecule has 5 heteroatoms. The van der Waals surface area contributed by atoms with Gasteiger partial charge in [0.15, 0.2) is 0 Å². The van der Waals surface area contributed by atoms with Crippen LogP contribution in [0, 0.1) is 0 Å². The van der Waals surface area contributed by atoms with Gasteiger partial charge in [-0.05, 0) is 36.4 Å². The van der Waals surface area contributed by atoms with E-state index in [9.17, 15) is 5.11 Å². The number of hydrogen-bond acceptors (Lipinski definition) is 5. The summed E-state index contributed by atoms with van der Waals surface area (Å²) in [4.78, 5) is 4.46. The molecule has 0 atom stereocenters. The first kappa shape index (κ1) is 15.5. The molecule has 0 amide bonds. The highest BCUT2D eigenvalue weighted by atomic mass is 32.2. The van der Waals surface area contributed by atoms with E-state index in [2.05, 4.69) is 4.98 Å². The monoisotopic (exact) mass is 327 g/mol. The lowest BCUT2D eigenvalue weighted by molar-refractivity contribution is 0.344. The van der Waals surface area contributed by atoms with Crippen molar-refractivity contribution >= 4 is 11.8 Å². The van der Waals surface area contributed by atoms with Crippen molar-refractivity contribution in [1.29, 1.82) is 0 Å². The van der Waals surface area contributed by atoms with Crippen molar-refractivity contribution in [3.63, 3.8) is 0 Å². The van der Waals surface area contributed by atoms with Gasteiger partial charge in [-0.25, -0.2) is 4.98 Å². The topological polar surface area (TPSA) is 55.5 Å². The highest BCUT2D eigenvalue weighted by molar-refractivity contribution is 7.98.